The first-order valence-electron chi connectivity index (χ1n) is 13.1. The van der Waals surface area contributed by atoms with E-state index in [0.29, 0.717) is 11.1 Å². The lowest BCUT2D eigenvalue weighted by atomic mass is 10.1. The van der Waals surface area contributed by atoms with Crippen molar-refractivity contribution >= 4 is 34.8 Å². The average molecular weight is 509 g/mol. The quantitative estimate of drug-likeness (QED) is 0.135. The summed E-state index contributed by atoms with van der Waals surface area (Å²) in [4.78, 5) is 25.5. The lowest BCUT2D eigenvalue weighted by molar-refractivity contribution is -0.142. The molecule has 1 unspecified atom stereocenters. The number of carboxylic acid groups (broad SMARTS) is 2. The largest absolute Gasteiger partial charge is 0.481 e. The van der Waals surface area contributed by atoms with Gasteiger partial charge in [0, 0.05) is 0 Å². The number of fused-ring (bicyclic) bond motifs is 1. The van der Waals surface area contributed by atoms with Crippen LogP contribution in [0.1, 0.15) is 97.3 Å². The minimum atomic E-state index is -1.20. The lowest BCUT2D eigenvalue weighted by Gasteiger charge is -2.05. The van der Waals surface area contributed by atoms with Gasteiger partial charge >= 0.3 is 11.9 Å². The van der Waals surface area contributed by atoms with E-state index in [2.05, 4.69) is 24.1 Å². The Morgan fingerprint density at radius 2 is 1.43 bits per heavy atom. The average Bonchev–Trinajstić information content (AvgIpc) is 3.24. The fraction of sp³-hybridized carbons (Fsp3) is 0.667. The van der Waals surface area contributed by atoms with Gasteiger partial charge in [0.2, 0.25) is 0 Å². The second-order valence-electron chi connectivity index (χ2n) is 8.78. The maximum Gasteiger partial charge on any atom is 0.317 e. The maximum absolute atomic E-state index is 10.9. The van der Waals surface area contributed by atoms with Crippen molar-refractivity contribution in [1.82, 2.24) is 10.3 Å². The molecular formula is C27H44N2O5S. The maximum atomic E-state index is 10.9. The highest BCUT2D eigenvalue weighted by Crippen LogP contribution is 2.28. The summed E-state index contributed by atoms with van der Waals surface area (Å²) in [5.41, 5.74) is 1.15. The number of carbonyl (C=O) groups is 2. The number of aromatic nitrogens is 1. The van der Waals surface area contributed by atoms with Crippen LogP contribution in [0, 0.1) is 0 Å². The molecule has 1 heterocycles. The Bertz CT molecular complexity index is 780. The second kappa shape index (κ2) is 20.2. The third-order valence-electron chi connectivity index (χ3n) is 5.57. The molecule has 0 aliphatic carbocycles. The molecule has 8 heteroatoms. The van der Waals surface area contributed by atoms with Gasteiger partial charge < -0.3 is 19.9 Å². The number of oxazole rings is 1. The molecule has 2 rings (SSSR count). The lowest BCUT2D eigenvalue weighted by Crippen LogP contribution is -2.20. The molecule has 0 radical (unpaired) electrons. The molecule has 0 aliphatic rings. The number of para-hydroxylation sites is 2. The van der Waals surface area contributed by atoms with Crippen molar-refractivity contribution < 1.29 is 24.2 Å². The summed E-state index contributed by atoms with van der Waals surface area (Å²) in [7, 11) is 0. The topological polar surface area (TPSA) is 113 Å². The van der Waals surface area contributed by atoms with Gasteiger partial charge in [0.05, 0.1) is 6.42 Å². The molecule has 0 amide bonds. The summed E-state index contributed by atoms with van der Waals surface area (Å²) < 4.78 is 5.33. The van der Waals surface area contributed by atoms with Gasteiger partial charge in [-0.2, -0.15) is 0 Å². The Balaban J connectivity index is 0.000000351. The SMILES string of the molecule is CCCCCCCCNCCCCCCCC.O=C(O)CC(Sc1nc2ccccc2o1)C(=O)O. The molecule has 0 spiro atoms. The van der Waals surface area contributed by atoms with Crippen molar-refractivity contribution in [3.63, 3.8) is 0 Å². The van der Waals surface area contributed by atoms with E-state index in [1.165, 1.54) is 90.1 Å². The highest BCUT2D eigenvalue weighted by Gasteiger charge is 2.24. The Hall–Kier alpha value is -2.06. The molecule has 7 nitrogen and oxygen atoms in total. The van der Waals surface area contributed by atoms with Gasteiger partial charge in [0.1, 0.15) is 10.8 Å². The van der Waals surface area contributed by atoms with Crippen LogP contribution in [0.2, 0.25) is 0 Å². The van der Waals surface area contributed by atoms with E-state index >= 15 is 0 Å². The minimum Gasteiger partial charge on any atom is -0.481 e. The van der Waals surface area contributed by atoms with Crippen LogP contribution in [-0.4, -0.2) is 45.5 Å². The number of carboxylic acids is 2. The smallest absolute Gasteiger partial charge is 0.317 e. The van der Waals surface area contributed by atoms with E-state index < -0.39 is 23.6 Å². The van der Waals surface area contributed by atoms with Gasteiger partial charge in [-0.3, -0.25) is 9.59 Å². The van der Waals surface area contributed by atoms with E-state index in [9.17, 15) is 9.59 Å². The van der Waals surface area contributed by atoms with Crippen LogP contribution in [0.3, 0.4) is 0 Å². The third-order valence-corrected chi connectivity index (χ3v) is 6.60. The molecule has 0 saturated heterocycles. The molecule has 0 aliphatic heterocycles. The van der Waals surface area contributed by atoms with Crippen LogP contribution in [0.15, 0.2) is 33.9 Å². The summed E-state index contributed by atoms with van der Waals surface area (Å²) in [6.45, 7) is 7.03. The summed E-state index contributed by atoms with van der Waals surface area (Å²) in [5.74, 6) is -2.38. The predicted octanol–water partition coefficient (Wildman–Crippen LogP) is 7.14. The minimum absolute atomic E-state index is 0.157. The fourth-order valence-electron chi connectivity index (χ4n) is 3.55. The highest BCUT2D eigenvalue weighted by molar-refractivity contribution is 8.00. The first-order valence-corrected chi connectivity index (χ1v) is 14.0. The van der Waals surface area contributed by atoms with Crippen LogP contribution >= 0.6 is 11.8 Å². The first kappa shape index (κ1) is 31.0. The highest BCUT2D eigenvalue weighted by atomic mass is 32.2. The standard InChI is InChI=1S/C16H35N.C11H9NO5S/c1-3-5-7-9-11-13-15-17-16-14-12-10-8-6-4-2;13-9(14)5-8(10(15)16)18-11-12-6-3-1-2-4-7(6)17-11/h17H,3-16H2,1-2H3;1-4,8H,5H2,(H,13,14)(H,15,16). The summed E-state index contributed by atoms with van der Waals surface area (Å²) in [6, 6.07) is 6.99. The van der Waals surface area contributed by atoms with Gasteiger partial charge in [0.25, 0.3) is 5.22 Å². The first-order chi connectivity index (χ1) is 17.0. The van der Waals surface area contributed by atoms with E-state index in [1.807, 2.05) is 0 Å². The summed E-state index contributed by atoms with van der Waals surface area (Å²) in [6.07, 6.45) is 16.4. The zero-order valence-electron chi connectivity index (χ0n) is 21.5. The van der Waals surface area contributed by atoms with E-state index in [1.54, 1.807) is 24.3 Å². The molecule has 198 valence electrons. The number of hydrogen-bond donors (Lipinski definition) is 3. The number of nitrogens with zero attached hydrogens (tertiary/aromatic N) is 1. The van der Waals surface area contributed by atoms with E-state index in [0.717, 1.165) is 11.8 Å². The van der Waals surface area contributed by atoms with Crippen LogP contribution in [-0.2, 0) is 9.59 Å². The molecule has 0 bridgehead atoms. The van der Waals surface area contributed by atoms with Crippen molar-refractivity contribution in [2.45, 2.75) is 108 Å². The molecule has 1 atom stereocenters. The van der Waals surface area contributed by atoms with E-state index in [-0.39, 0.29) is 5.22 Å². The molecule has 3 N–H and O–H groups in total. The van der Waals surface area contributed by atoms with Gasteiger partial charge in [-0.1, -0.05) is 102 Å². The third kappa shape index (κ3) is 15.5. The Labute approximate surface area is 214 Å². The predicted molar refractivity (Wildman–Crippen MR) is 143 cm³/mol. The number of rotatable bonds is 19. The van der Waals surface area contributed by atoms with Crippen LogP contribution in [0.5, 0.6) is 0 Å². The molecule has 0 fully saturated rings. The Morgan fingerprint density at radius 1 is 0.886 bits per heavy atom. The van der Waals surface area contributed by atoms with Gasteiger partial charge in [0.15, 0.2) is 5.58 Å². The number of hydrogen-bond acceptors (Lipinski definition) is 6. The summed E-state index contributed by atoms with van der Waals surface area (Å²) in [5, 5.41) is 20.1. The number of benzene rings is 1. The van der Waals surface area contributed by atoms with Gasteiger partial charge in [-0.25, -0.2) is 4.98 Å². The zero-order chi connectivity index (χ0) is 25.7. The molecule has 1 aromatic carbocycles. The van der Waals surface area contributed by atoms with Crippen molar-refractivity contribution in [3.05, 3.63) is 24.3 Å². The zero-order valence-corrected chi connectivity index (χ0v) is 22.3. The van der Waals surface area contributed by atoms with Crippen LogP contribution in [0.4, 0.5) is 0 Å². The number of aliphatic carboxylic acids is 2. The second-order valence-corrected chi connectivity index (χ2v) is 9.93. The van der Waals surface area contributed by atoms with Gasteiger partial charge in [-0.15, -0.1) is 0 Å². The van der Waals surface area contributed by atoms with Crippen LogP contribution in [0.25, 0.3) is 11.1 Å². The molecule has 35 heavy (non-hydrogen) atoms. The Morgan fingerprint density at radius 3 is 1.94 bits per heavy atom. The fourth-order valence-corrected chi connectivity index (χ4v) is 4.41. The molecule has 1 aromatic heterocycles. The van der Waals surface area contributed by atoms with Crippen molar-refractivity contribution in [2.24, 2.45) is 0 Å². The van der Waals surface area contributed by atoms with Crippen molar-refractivity contribution in [1.29, 1.82) is 0 Å². The summed E-state index contributed by atoms with van der Waals surface area (Å²) >= 11 is 0.793. The number of nitrogens with one attached hydrogen (secondary N) is 1. The van der Waals surface area contributed by atoms with E-state index in [4.69, 9.17) is 14.6 Å². The van der Waals surface area contributed by atoms with Gasteiger partial charge in [-0.05, 0) is 38.1 Å². The number of thioether (sulfide) groups is 1. The van der Waals surface area contributed by atoms with Crippen molar-refractivity contribution in [2.75, 3.05) is 13.1 Å². The molecule has 2 aromatic rings. The molecular weight excluding hydrogens is 464 g/mol. The molecule has 0 saturated carbocycles. The monoisotopic (exact) mass is 508 g/mol. The number of unbranched alkanes of at least 4 members (excludes halogenated alkanes) is 10. The van der Waals surface area contributed by atoms with Crippen molar-refractivity contribution in [3.8, 4) is 0 Å². The van der Waals surface area contributed by atoms with Crippen LogP contribution < -0.4 is 5.32 Å². The Kier molecular flexibility index (Phi) is 17.8. The normalized spacial score (nSPS) is 11.7.